The van der Waals surface area contributed by atoms with E-state index in [-0.39, 0.29) is 5.97 Å². The molecular weight excluding hydrogens is 298 g/mol. The van der Waals surface area contributed by atoms with Gasteiger partial charge in [-0.1, -0.05) is 36.4 Å². The molecule has 2 rings (SSSR count). The van der Waals surface area contributed by atoms with Gasteiger partial charge in [-0.05, 0) is 61.6 Å². The van der Waals surface area contributed by atoms with Gasteiger partial charge in [0.25, 0.3) is 0 Å². The summed E-state index contributed by atoms with van der Waals surface area (Å²) in [7, 11) is 0. The summed E-state index contributed by atoms with van der Waals surface area (Å²) in [5, 5.41) is 11.0. The van der Waals surface area contributed by atoms with Crippen LogP contribution in [0, 0.1) is 11.3 Å². The average Bonchev–Trinajstić information content (AvgIpc) is 2.52. The van der Waals surface area contributed by atoms with Gasteiger partial charge in [-0.3, -0.25) is 0 Å². The van der Waals surface area contributed by atoms with Crippen molar-refractivity contribution in [3.8, 4) is 6.07 Å². The molecule has 0 amide bonds. The lowest BCUT2D eigenvalue weighted by molar-refractivity contribution is -0.148. The second kappa shape index (κ2) is 7.79. The largest absolute Gasteiger partial charge is 0.457 e. The molecule has 0 unspecified atom stereocenters. The monoisotopic (exact) mass is 321 g/mol. The van der Waals surface area contributed by atoms with Crippen LogP contribution in [0.5, 0.6) is 0 Å². The molecule has 24 heavy (non-hydrogen) atoms. The van der Waals surface area contributed by atoms with Gasteiger partial charge in [-0.15, -0.1) is 0 Å². The van der Waals surface area contributed by atoms with E-state index in [1.165, 1.54) is 6.08 Å². The van der Waals surface area contributed by atoms with Crippen LogP contribution in [0.15, 0.2) is 42.5 Å². The number of hydrogen-bond acceptors (Lipinski definition) is 3. The number of aryl methyl sites for hydroxylation is 1. The van der Waals surface area contributed by atoms with Gasteiger partial charge in [0.2, 0.25) is 0 Å². The number of unbranched alkanes of at least 4 members (excludes halogenated alkanes) is 1. The minimum absolute atomic E-state index is 0.349. The molecule has 0 bridgehead atoms. The van der Waals surface area contributed by atoms with Crippen LogP contribution in [-0.2, 0) is 16.0 Å². The molecular formula is C21H23NO2. The Hall–Kier alpha value is -2.60. The maximum atomic E-state index is 12.0. The zero-order valence-corrected chi connectivity index (χ0v) is 14.5. The first-order chi connectivity index (χ1) is 11.4. The van der Waals surface area contributed by atoms with E-state index in [2.05, 4.69) is 30.3 Å². The molecule has 0 spiro atoms. The van der Waals surface area contributed by atoms with Gasteiger partial charge >= 0.3 is 5.97 Å². The first-order valence-corrected chi connectivity index (χ1v) is 8.19. The number of ether oxygens (including phenoxy) is 1. The van der Waals surface area contributed by atoms with Crippen molar-refractivity contribution >= 4 is 22.8 Å². The van der Waals surface area contributed by atoms with Gasteiger partial charge in [0.15, 0.2) is 0 Å². The molecule has 0 saturated heterocycles. The highest BCUT2D eigenvalue weighted by Crippen LogP contribution is 2.25. The van der Waals surface area contributed by atoms with Gasteiger partial charge in [0, 0.05) is 12.5 Å². The molecule has 3 heteroatoms. The molecule has 3 nitrogen and oxygen atoms in total. The van der Waals surface area contributed by atoms with Crippen molar-refractivity contribution in [3.05, 3.63) is 53.6 Å². The molecule has 0 heterocycles. The van der Waals surface area contributed by atoms with Gasteiger partial charge in [-0.25, -0.2) is 4.79 Å². The Labute approximate surface area is 143 Å². The van der Waals surface area contributed by atoms with E-state index in [4.69, 9.17) is 10.00 Å². The molecule has 0 atom stereocenters. The summed E-state index contributed by atoms with van der Waals surface area (Å²) in [4.78, 5) is 12.0. The molecule has 0 aliphatic rings. The highest BCUT2D eigenvalue weighted by molar-refractivity contribution is 5.96. The topological polar surface area (TPSA) is 50.1 Å². The summed E-state index contributed by atoms with van der Waals surface area (Å²) >= 11 is 0. The van der Waals surface area contributed by atoms with Crippen molar-refractivity contribution in [3.63, 3.8) is 0 Å². The number of fused-ring (bicyclic) bond motifs is 1. The van der Waals surface area contributed by atoms with E-state index in [0.717, 1.165) is 34.7 Å². The maximum Gasteiger partial charge on any atom is 0.331 e. The first kappa shape index (κ1) is 17.7. The SMILES string of the molecule is CC(C)(C)OC(=O)/C=C/c1c(CCCC#N)ccc2ccccc12. The zero-order chi connectivity index (χ0) is 17.6. The molecule has 124 valence electrons. The lowest BCUT2D eigenvalue weighted by Gasteiger charge is -2.18. The van der Waals surface area contributed by atoms with E-state index in [1.807, 2.05) is 39.0 Å². The summed E-state index contributed by atoms with van der Waals surface area (Å²) in [6, 6.07) is 14.4. The van der Waals surface area contributed by atoms with Crippen LogP contribution in [-0.4, -0.2) is 11.6 Å². The van der Waals surface area contributed by atoms with Gasteiger partial charge in [0.1, 0.15) is 5.60 Å². The maximum absolute atomic E-state index is 12.0. The van der Waals surface area contributed by atoms with Crippen LogP contribution >= 0.6 is 0 Å². The summed E-state index contributed by atoms with van der Waals surface area (Å²) < 4.78 is 5.34. The third-order valence-corrected chi connectivity index (χ3v) is 3.59. The van der Waals surface area contributed by atoms with E-state index < -0.39 is 5.60 Å². The molecule has 0 saturated carbocycles. The zero-order valence-electron chi connectivity index (χ0n) is 14.5. The van der Waals surface area contributed by atoms with Crippen LogP contribution in [0.2, 0.25) is 0 Å². The molecule has 0 fully saturated rings. The molecule has 0 aliphatic heterocycles. The van der Waals surface area contributed by atoms with E-state index in [0.29, 0.717) is 6.42 Å². The van der Waals surface area contributed by atoms with Crippen LogP contribution in [0.25, 0.3) is 16.8 Å². The van der Waals surface area contributed by atoms with Gasteiger partial charge < -0.3 is 4.74 Å². The molecule has 0 aliphatic carbocycles. The third kappa shape index (κ3) is 4.96. The smallest absolute Gasteiger partial charge is 0.331 e. The number of carbonyl (C=O) groups excluding carboxylic acids is 1. The van der Waals surface area contributed by atoms with Gasteiger partial charge in [0.05, 0.1) is 6.07 Å². The standard InChI is InChI=1S/C21H23NO2/c1-21(2,3)24-20(23)14-13-19-17(9-6-7-15-22)12-11-16-8-4-5-10-18(16)19/h4-5,8,10-14H,6-7,9H2,1-3H3/b14-13+. The molecule has 0 aromatic heterocycles. The minimum atomic E-state index is -0.504. The summed E-state index contributed by atoms with van der Waals surface area (Å²) in [6.07, 6.45) is 5.47. The van der Waals surface area contributed by atoms with Crippen molar-refractivity contribution < 1.29 is 9.53 Å². The molecule has 0 N–H and O–H groups in total. The highest BCUT2D eigenvalue weighted by atomic mass is 16.6. The number of esters is 1. The Morgan fingerprint density at radius 2 is 1.96 bits per heavy atom. The summed E-state index contributed by atoms with van der Waals surface area (Å²) in [5.74, 6) is -0.349. The van der Waals surface area contributed by atoms with Crippen LogP contribution in [0.1, 0.15) is 44.7 Å². The van der Waals surface area contributed by atoms with Crippen LogP contribution in [0.4, 0.5) is 0 Å². The van der Waals surface area contributed by atoms with Crippen molar-refractivity contribution in [2.45, 2.75) is 45.6 Å². The fourth-order valence-corrected chi connectivity index (χ4v) is 2.60. The Morgan fingerprint density at radius 3 is 2.67 bits per heavy atom. The highest BCUT2D eigenvalue weighted by Gasteiger charge is 2.14. The molecule has 2 aromatic rings. The molecule has 2 aromatic carbocycles. The lowest BCUT2D eigenvalue weighted by atomic mass is 9.95. The number of carbonyl (C=O) groups is 1. The van der Waals surface area contributed by atoms with Gasteiger partial charge in [-0.2, -0.15) is 5.26 Å². The summed E-state index contributed by atoms with van der Waals surface area (Å²) in [6.45, 7) is 5.55. The Kier molecular flexibility index (Phi) is 5.76. The number of hydrogen-bond donors (Lipinski definition) is 0. The average molecular weight is 321 g/mol. The third-order valence-electron chi connectivity index (χ3n) is 3.59. The van der Waals surface area contributed by atoms with Crippen molar-refractivity contribution in [2.75, 3.05) is 0 Å². The second-order valence-corrected chi connectivity index (χ2v) is 6.74. The van der Waals surface area contributed by atoms with Crippen LogP contribution < -0.4 is 0 Å². The van der Waals surface area contributed by atoms with Crippen molar-refractivity contribution in [1.82, 2.24) is 0 Å². The summed E-state index contributed by atoms with van der Waals surface area (Å²) in [5.41, 5.74) is 1.66. The Bertz CT molecular complexity index is 792. The quantitative estimate of drug-likeness (QED) is 0.440. The second-order valence-electron chi connectivity index (χ2n) is 6.74. The predicted octanol–water partition coefficient (Wildman–Crippen LogP) is 5.04. The van der Waals surface area contributed by atoms with Crippen LogP contribution in [0.3, 0.4) is 0 Å². The Balaban J connectivity index is 2.35. The van der Waals surface area contributed by atoms with Crippen molar-refractivity contribution in [2.24, 2.45) is 0 Å². The van der Waals surface area contributed by atoms with Crippen molar-refractivity contribution in [1.29, 1.82) is 5.26 Å². The fraction of sp³-hybridized carbons (Fsp3) is 0.333. The molecule has 0 radical (unpaired) electrons. The van der Waals surface area contributed by atoms with E-state index in [1.54, 1.807) is 0 Å². The number of benzene rings is 2. The van der Waals surface area contributed by atoms with E-state index >= 15 is 0 Å². The lowest BCUT2D eigenvalue weighted by Crippen LogP contribution is -2.22. The fourth-order valence-electron chi connectivity index (χ4n) is 2.60. The Morgan fingerprint density at radius 1 is 1.21 bits per heavy atom. The van der Waals surface area contributed by atoms with E-state index in [9.17, 15) is 4.79 Å². The number of nitrogens with zero attached hydrogens (tertiary/aromatic N) is 1. The normalized spacial score (nSPS) is 11.6. The number of nitriles is 1. The first-order valence-electron chi connectivity index (χ1n) is 8.19. The number of rotatable bonds is 5. The minimum Gasteiger partial charge on any atom is -0.457 e. The predicted molar refractivity (Wildman–Crippen MR) is 97.4 cm³/mol.